The molecular formula is C15H16N2O4. The van der Waals surface area contributed by atoms with Gasteiger partial charge in [-0.2, -0.15) is 0 Å². The summed E-state index contributed by atoms with van der Waals surface area (Å²) >= 11 is 0. The van der Waals surface area contributed by atoms with Gasteiger partial charge in [-0.25, -0.2) is 0 Å². The average Bonchev–Trinajstić information content (AvgIpc) is 2.98. The number of benzene rings is 1. The first-order valence-corrected chi connectivity index (χ1v) is 6.43. The largest absolute Gasteiger partial charge is 0.467 e. The van der Waals surface area contributed by atoms with Crippen LogP contribution in [0.15, 0.2) is 47.1 Å². The van der Waals surface area contributed by atoms with E-state index < -0.39 is 6.10 Å². The smallest absolute Gasteiger partial charge is 0.251 e. The lowest BCUT2D eigenvalue weighted by Crippen LogP contribution is -2.28. The van der Waals surface area contributed by atoms with Crippen LogP contribution in [0, 0.1) is 0 Å². The first kappa shape index (κ1) is 14.8. The Balaban J connectivity index is 1.95. The van der Waals surface area contributed by atoms with Crippen LogP contribution in [0.2, 0.25) is 0 Å². The fraction of sp³-hybridized carbons (Fsp3) is 0.200. The molecule has 0 aliphatic rings. The molecule has 0 saturated carbocycles. The summed E-state index contributed by atoms with van der Waals surface area (Å²) in [6.07, 6.45) is 0.555. The minimum Gasteiger partial charge on any atom is -0.467 e. The Morgan fingerprint density at radius 1 is 1.29 bits per heavy atom. The second kappa shape index (κ2) is 6.71. The van der Waals surface area contributed by atoms with Gasteiger partial charge in [-0.3, -0.25) is 9.59 Å². The van der Waals surface area contributed by atoms with Gasteiger partial charge in [-0.1, -0.05) is 6.07 Å². The number of furan rings is 1. The monoisotopic (exact) mass is 288 g/mol. The zero-order chi connectivity index (χ0) is 15.2. The summed E-state index contributed by atoms with van der Waals surface area (Å²) in [5.41, 5.74) is 0.939. The molecule has 0 radical (unpaired) electrons. The van der Waals surface area contributed by atoms with E-state index in [1.54, 1.807) is 36.4 Å². The third kappa shape index (κ3) is 4.19. The number of rotatable bonds is 5. The quantitative estimate of drug-likeness (QED) is 0.781. The van der Waals surface area contributed by atoms with E-state index in [4.69, 9.17) is 4.42 Å². The Labute approximate surface area is 121 Å². The number of carbonyl (C=O) groups excluding carboxylic acids is 2. The predicted molar refractivity (Wildman–Crippen MR) is 76.7 cm³/mol. The molecular weight excluding hydrogens is 272 g/mol. The van der Waals surface area contributed by atoms with Crippen molar-refractivity contribution in [2.45, 2.75) is 13.0 Å². The van der Waals surface area contributed by atoms with E-state index in [0.29, 0.717) is 17.0 Å². The Morgan fingerprint density at radius 2 is 2.10 bits per heavy atom. The highest BCUT2D eigenvalue weighted by Gasteiger charge is 2.13. The highest BCUT2D eigenvalue weighted by Crippen LogP contribution is 2.13. The first-order valence-electron chi connectivity index (χ1n) is 6.43. The summed E-state index contributed by atoms with van der Waals surface area (Å²) < 4.78 is 5.05. The molecule has 0 spiro atoms. The molecule has 2 amide bonds. The number of aliphatic hydroxyl groups is 1. The number of anilines is 1. The Kier molecular flexibility index (Phi) is 4.73. The van der Waals surface area contributed by atoms with E-state index in [9.17, 15) is 14.7 Å². The molecule has 1 atom stereocenters. The molecule has 21 heavy (non-hydrogen) atoms. The predicted octanol–water partition coefficient (Wildman–Crippen LogP) is 1.70. The molecule has 1 aromatic heterocycles. The number of hydrogen-bond acceptors (Lipinski definition) is 4. The maximum Gasteiger partial charge on any atom is 0.251 e. The molecule has 0 saturated heterocycles. The van der Waals surface area contributed by atoms with Crippen LogP contribution in [-0.4, -0.2) is 23.5 Å². The lowest BCUT2D eigenvalue weighted by Gasteiger charge is -2.10. The van der Waals surface area contributed by atoms with Crippen LogP contribution in [0.5, 0.6) is 0 Å². The third-order valence-electron chi connectivity index (χ3n) is 2.77. The number of carbonyl (C=O) groups is 2. The molecule has 2 aromatic rings. The molecule has 6 heteroatoms. The second-order valence-corrected chi connectivity index (χ2v) is 4.50. The lowest BCUT2D eigenvalue weighted by atomic mass is 10.2. The van der Waals surface area contributed by atoms with Gasteiger partial charge in [0, 0.05) is 18.2 Å². The van der Waals surface area contributed by atoms with E-state index in [1.165, 1.54) is 13.2 Å². The van der Waals surface area contributed by atoms with Crippen LogP contribution in [-0.2, 0) is 4.79 Å². The molecule has 3 N–H and O–H groups in total. The topological polar surface area (TPSA) is 91.6 Å². The SMILES string of the molecule is CC(=O)Nc1cccc(C(=O)NCC(O)c2ccco2)c1. The summed E-state index contributed by atoms with van der Waals surface area (Å²) in [6.45, 7) is 1.43. The maximum absolute atomic E-state index is 12.0. The molecule has 6 nitrogen and oxygen atoms in total. The molecule has 1 aromatic carbocycles. The highest BCUT2D eigenvalue weighted by atomic mass is 16.4. The Hall–Kier alpha value is -2.60. The van der Waals surface area contributed by atoms with E-state index in [1.807, 2.05) is 0 Å². The molecule has 2 rings (SSSR count). The van der Waals surface area contributed by atoms with E-state index >= 15 is 0 Å². The van der Waals surface area contributed by atoms with Crippen molar-refractivity contribution in [1.29, 1.82) is 0 Å². The number of hydrogen-bond donors (Lipinski definition) is 3. The molecule has 110 valence electrons. The van der Waals surface area contributed by atoms with Crippen molar-refractivity contribution in [2.75, 3.05) is 11.9 Å². The summed E-state index contributed by atoms with van der Waals surface area (Å²) in [5.74, 6) is -0.157. The first-order chi connectivity index (χ1) is 10.1. The van der Waals surface area contributed by atoms with Crippen LogP contribution < -0.4 is 10.6 Å². The molecule has 0 aliphatic carbocycles. The van der Waals surface area contributed by atoms with Gasteiger partial charge >= 0.3 is 0 Å². The zero-order valence-electron chi connectivity index (χ0n) is 11.5. The van der Waals surface area contributed by atoms with Crippen molar-refractivity contribution >= 4 is 17.5 Å². The van der Waals surface area contributed by atoms with Crippen LogP contribution >= 0.6 is 0 Å². The van der Waals surface area contributed by atoms with E-state index in [-0.39, 0.29) is 18.4 Å². The van der Waals surface area contributed by atoms with Crippen LogP contribution in [0.3, 0.4) is 0 Å². The van der Waals surface area contributed by atoms with Crippen molar-refractivity contribution in [2.24, 2.45) is 0 Å². The van der Waals surface area contributed by atoms with Gasteiger partial charge in [0.2, 0.25) is 5.91 Å². The van der Waals surface area contributed by atoms with Crippen molar-refractivity contribution in [3.8, 4) is 0 Å². The van der Waals surface area contributed by atoms with Crippen molar-refractivity contribution < 1.29 is 19.1 Å². The molecule has 0 bridgehead atoms. The van der Waals surface area contributed by atoms with Gasteiger partial charge in [-0.05, 0) is 30.3 Å². The fourth-order valence-corrected chi connectivity index (χ4v) is 1.81. The van der Waals surface area contributed by atoms with Crippen LogP contribution in [0.1, 0.15) is 29.1 Å². The van der Waals surface area contributed by atoms with Crippen LogP contribution in [0.4, 0.5) is 5.69 Å². The second-order valence-electron chi connectivity index (χ2n) is 4.50. The maximum atomic E-state index is 12.0. The average molecular weight is 288 g/mol. The summed E-state index contributed by atoms with van der Waals surface area (Å²) in [4.78, 5) is 23.0. The summed E-state index contributed by atoms with van der Waals surface area (Å²) in [5, 5.41) is 15.0. The van der Waals surface area contributed by atoms with Gasteiger partial charge in [-0.15, -0.1) is 0 Å². The Bertz CT molecular complexity index is 622. The molecule has 1 unspecified atom stereocenters. The van der Waals surface area contributed by atoms with Crippen molar-refractivity contribution in [3.05, 3.63) is 54.0 Å². The number of amides is 2. The minimum absolute atomic E-state index is 0.0384. The third-order valence-corrected chi connectivity index (χ3v) is 2.77. The van der Waals surface area contributed by atoms with Gasteiger partial charge < -0.3 is 20.2 Å². The summed E-state index contributed by atoms with van der Waals surface area (Å²) in [6, 6.07) is 9.85. The van der Waals surface area contributed by atoms with Crippen LogP contribution in [0.25, 0.3) is 0 Å². The van der Waals surface area contributed by atoms with Gasteiger partial charge in [0.05, 0.1) is 12.8 Å². The van der Waals surface area contributed by atoms with Gasteiger partial charge in [0.1, 0.15) is 11.9 Å². The molecule has 0 fully saturated rings. The van der Waals surface area contributed by atoms with Crippen molar-refractivity contribution in [3.63, 3.8) is 0 Å². The highest BCUT2D eigenvalue weighted by molar-refractivity contribution is 5.96. The molecule has 1 heterocycles. The fourth-order valence-electron chi connectivity index (χ4n) is 1.81. The standard InChI is InChI=1S/C15H16N2O4/c1-10(18)17-12-5-2-4-11(8-12)15(20)16-9-13(19)14-6-3-7-21-14/h2-8,13,19H,9H2,1H3,(H,16,20)(H,17,18). The summed E-state index contributed by atoms with van der Waals surface area (Å²) in [7, 11) is 0. The Morgan fingerprint density at radius 3 is 2.76 bits per heavy atom. The van der Waals surface area contributed by atoms with Gasteiger partial charge in [0.25, 0.3) is 5.91 Å². The minimum atomic E-state index is -0.900. The number of aliphatic hydroxyl groups excluding tert-OH is 1. The van der Waals surface area contributed by atoms with E-state index in [2.05, 4.69) is 10.6 Å². The van der Waals surface area contributed by atoms with Crippen molar-refractivity contribution in [1.82, 2.24) is 5.32 Å². The normalized spacial score (nSPS) is 11.7. The number of nitrogens with one attached hydrogen (secondary N) is 2. The zero-order valence-corrected chi connectivity index (χ0v) is 11.5. The lowest BCUT2D eigenvalue weighted by molar-refractivity contribution is -0.114. The molecule has 0 aliphatic heterocycles. The van der Waals surface area contributed by atoms with Gasteiger partial charge in [0.15, 0.2) is 0 Å². The van der Waals surface area contributed by atoms with E-state index in [0.717, 1.165) is 0 Å².